The second-order valence-electron chi connectivity index (χ2n) is 5.16. The minimum absolute atomic E-state index is 0.0169. The summed E-state index contributed by atoms with van der Waals surface area (Å²) in [5, 5.41) is 11.8. The fraction of sp³-hybridized carbons (Fsp3) is 0.500. The average molecular weight is 308 g/mol. The number of hydrogen-bond acceptors (Lipinski definition) is 5. The van der Waals surface area contributed by atoms with E-state index < -0.39 is 0 Å². The summed E-state index contributed by atoms with van der Waals surface area (Å²) < 4.78 is 7.13. The summed E-state index contributed by atoms with van der Waals surface area (Å²) in [5.74, 6) is 2.26. The van der Waals surface area contributed by atoms with Gasteiger partial charge in [0.05, 0.1) is 12.0 Å². The lowest BCUT2D eigenvalue weighted by Crippen LogP contribution is -2.27. The van der Waals surface area contributed by atoms with Gasteiger partial charge in [-0.3, -0.25) is 4.79 Å². The Morgan fingerprint density at radius 1 is 1.48 bits per heavy atom. The molecule has 0 atom stereocenters. The zero-order chi connectivity index (χ0) is 15.2. The highest BCUT2D eigenvalue weighted by Crippen LogP contribution is 2.22. The highest BCUT2D eigenvalue weighted by atomic mass is 32.2. The molecule has 0 aliphatic heterocycles. The van der Waals surface area contributed by atoms with Crippen molar-refractivity contribution in [2.75, 3.05) is 12.3 Å². The molecule has 2 aromatic rings. The molecule has 0 aliphatic carbocycles. The topological polar surface area (TPSA) is 73.0 Å². The Labute approximate surface area is 128 Å². The number of furan rings is 1. The van der Waals surface area contributed by atoms with E-state index in [0.717, 1.165) is 6.42 Å². The van der Waals surface area contributed by atoms with Crippen molar-refractivity contribution in [3.63, 3.8) is 0 Å². The van der Waals surface area contributed by atoms with Crippen LogP contribution in [-0.2, 0) is 11.8 Å². The Bertz CT molecular complexity index is 578. The molecule has 0 bridgehead atoms. The number of thioether (sulfide) groups is 1. The van der Waals surface area contributed by atoms with Crippen LogP contribution >= 0.6 is 11.8 Å². The van der Waals surface area contributed by atoms with E-state index in [-0.39, 0.29) is 5.91 Å². The van der Waals surface area contributed by atoms with Crippen LogP contribution in [0.5, 0.6) is 0 Å². The lowest BCUT2D eigenvalue weighted by molar-refractivity contribution is -0.118. The van der Waals surface area contributed by atoms with Crippen LogP contribution in [0.2, 0.25) is 0 Å². The molecular formula is C14H20N4O2S. The summed E-state index contributed by atoms with van der Waals surface area (Å²) in [6.07, 6.45) is 2.59. The Morgan fingerprint density at radius 3 is 2.95 bits per heavy atom. The van der Waals surface area contributed by atoms with Crippen molar-refractivity contribution in [2.24, 2.45) is 13.0 Å². The third-order valence-corrected chi connectivity index (χ3v) is 3.97. The van der Waals surface area contributed by atoms with Crippen LogP contribution in [0, 0.1) is 5.92 Å². The zero-order valence-electron chi connectivity index (χ0n) is 12.5. The molecule has 6 nitrogen and oxygen atoms in total. The van der Waals surface area contributed by atoms with Crippen molar-refractivity contribution in [2.45, 2.75) is 25.4 Å². The van der Waals surface area contributed by atoms with Crippen LogP contribution in [0.3, 0.4) is 0 Å². The van der Waals surface area contributed by atoms with Crippen molar-refractivity contribution in [1.29, 1.82) is 0 Å². The van der Waals surface area contributed by atoms with Gasteiger partial charge in [0.1, 0.15) is 0 Å². The van der Waals surface area contributed by atoms with Crippen LogP contribution < -0.4 is 5.32 Å². The van der Waals surface area contributed by atoms with E-state index in [2.05, 4.69) is 29.4 Å². The molecule has 1 N–H and O–H groups in total. The Balaban J connectivity index is 1.85. The van der Waals surface area contributed by atoms with Gasteiger partial charge in [-0.05, 0) is 24.5 Å². The molecule has 2 aromatic heterocycles. The minimum atomic E-state index is 0.0169. The van der Waals surface area contributed by atoms with Gasteiger partial charge in [-0.15, -0.1) is 10.2 Å². The number of nitrogens with zero attached hydrogens (tertiary/aromatic N) is 3. The first-order valence-corrected chi connectivity index (χ1v) is 7.89. The van der Waals surface area contributed by atoms with Gasteiger partial charge < -0.3 is 14.3 Å². The van der Waals surface area contributed by atoms with Gasteiger partial charge in [0.15, 0.2) is 16.7 Å². The van der Waals surface area contributed by atoms with E-state index in [9.17, 15) is 4.79 Å². The molecule has 1 amide bonds. The van der Waals surface area contributed by atoms with Crippen molar-refractivity contribution in [1.82, 2.24) is 20.1 Å². The third kappa shape index (κ3) is 4.35. The minimum Gasteiger partial charge on any atom is -0.461 e. The SMILES string of the molecule is CC(C)CCNC(=O)CSc1nnc(-c2ccco2)n1C. The van der Waals surface area contributed by atoms with Crippen LogP contribution in [-0.4, -0.2) is 33.0 Å². The molecular weight excluding hydrogens is 288 g/mol. The molecule has 21 heavy (non-hydrogen) atoms. The monoisotopic (exact) mass is 308 g/mol. The van der Waals surface area contributed by atoms with E-state index in [1.54, 1.807) is 12.3 Å². The molecule has 114 valence electrons. The smallest absolute Gasteiger partial charge is 0.230 e. The first-order valence-electron chi connectivity index (χ1n) is 6.90. The molecule has 7 heteroatoms. The third-order valence-electron chi connectivity index (χ3n) is 2.95. The lowest BCUT2D eigenvalue weighted by Gasteiger charge is -2.06. The lowest BCUT2D eigenvalue weighted by atomic mass is 10.1. The molecule has 2 heterocycles. The Hall–Kier alpha value is -1.76. The Kier molecular flexibility index (Phi) is 5.44. The fourth-order valence-electron chi connectivity index (χ4n) is 1.74. The van der Waals surface area contributed by atoms with Crippen LogP contribution in [0.4, 0.5) is 0 Å². The molecule has 0 aliphatic rings. The van der Waals surface area contributed by atoms with Gasteiger partial charge in [0.2, 0.25) is 5.91 Å². The highest BCUT2D eigenvalue weighted by molar-refractivity contribution is 7.99. The van der Waals surface area contributed by atoms with E-state index >= 15 is 0 Å². The van der Waals surface area contributed by atoms with E-state index in [1.165, 1.54) is 11.8 Å². The summed E-state index contributed by atoms with van der Waals surface area (Å²) in [6, 6.07) is 3.64. The fourth-order valence-corrected chi connectivity index (χ4v) is 2.48. The van der Waals surface area contributed by atoms with Crippen LogP contribution in [0.1, 0.15) is 20.3 Å². The quantitative estimate of drug-likeness (QED) is 0.795. The van der Waals surface area contributed by atoms with E-state index in [0.29, 0.717) is 35.0 Å². The maximum atomic E-state index is 11.7. The second kappa shape index (κ2) is 7.31. The Morgan fingerprint density at radius 2 is 2.29 bits per heavy atom. The zero-order valence-corrected chi connectivity index (χ0v) is 13.3. The number of rotatable bonds is 7. The highest BCUT2D eigenvalue weighted by Gasteiger charge is 2.14. The van der Waals surface area contributed by atoms with Crippen LogP contribution in [0.25, 0.3) is 11.6 Å². The normalized spacial score (nSPS) is 11.0. The number of aromatic nitrogens is 3. The molecule has 0 saturated carbocycles. The maximum Gasteiger partial charge on any atom is 0.230 e. The first-order chi connectivity index (χ1) is 10.1. The average Bonchev–Trinajstić information content (AvgIpc) is 3.05. The number of carbonyl (C=O) groups excluding carboxylic acids is 1. The summed E-state index contributed by atoms with van der Waals surface area (Å²) in [5.41, 5.74) is 0. The van der Waals surface area contributed by atoms with Gasteiger partial charge in [0.25, 0.3) is 0 Å². The van der Waals surface area contributed by atoms with Crippen molar-refractivity contribution in [3.05, 3.63) is 18.4 Å². The van der Waals surface area contributed by atoms with Gasteiger partial charge in [0, 0.05) is 13.6 Å². The van der Waals surface area contributed by atoms with Gasteiger partial charge >= 0.3 is 0 Å². The number of amides is 1. The predicted molar refractivity (Wildman–Crippen MR) is 81.9 cm³/mol. The second-order valence-corrected chi connectivity index (χ2v) is 6.11. The summed E-state index contributed by atoms with van der Waals surface area (Å²) in [4.78, 5) is 11.7. The number of hydrogen-bond donors (Lipinski definition) is 1. The van der Waals surface area contributed by atoms with Crippen molar-refractivity contribution in [3.8, 4) is 11.6 Å². The molecule has 0 unspecified atom stereocenters. The van der Waals surface area contributed by atoms with Crippen molar-refractivity contribution >= 4 is 17.7 Å². The molecule has 0 fully saturated rings. The largest absolute Gasteiger partial charge is 0.461 e. The van der Waals surface area contributed by atoms with Gasteiger partial charge in [-0.25, -0.2) is 0 Å². The maximum absolute atomic E-state index is 11.7. The molecule has 2 rings (SSSR count). The number of nitrogens with one attached hydrogen (secondary N) is 1. The van der Waals surface area contributed by atoms with Gasteiger partial charge in [-0.2, -0.15) is 0 Å². The summed E-state index contributed by atoms with van der Waals surface area (Å²) in [7, 11) is 1.86. The molecule has 0 saturated heterocycles. The number of carbonyl (C=O) groups is 1. The van der Waals surface area contributed by atoms with Crippen LogP contribution in [0.15, 0.2) is 28.0 Å². The standard InChI is InChI=1S/C14H20N4O2S/c1-10(2)6-7-15-12(19)9-21-14-17-16-13(18(14)3)11-5-4-8-20-11/h4-5,8,10H,6-7,9H2,1-3H3,(H,15,19). The van der Waals surface area contributed by atoms with E-state index in [1.807, 2.05) is 17.7 Å². The van der Waals surface area contributed by atoms with Gasteiger partial charge in [-0.1, -0.05) is 25.6 Å². The molecule has 0 radical (unpaired) electrons. The van der Waals surface area contributed by atoms with Crippen molar-refractivity contribution < 1.29 is 9.21 Å². The predicted octanol–water partition coefficient (Wildman–Crippen LogP) is 2.33. The summed E-state index contributed by atoms with van der Waals surface area (Å²) in [6.45, 7) is 4.99. The summed E-state index contributed by atoms with van der Waals surface area (Å²) >= 11 is 1.37. The molecule has 0 spiro atoms. The first kappa shape index (κ1) is 15.6. The van der Waals surface area contributed by atoms with E-state index in [4.69, 9.17) is 4.42 Å². The molecule has 0 aromatic carbocycles.